The predicted molar refractivity (Wildman–Crippen MR) is 115 cm³/mol. The number of anilines is 1. The number of amides is 2. The molecule has 2 amide bonds. The van der Waals surface area contributed by atoms with Crippen molar-refractivity contribution < 1.29 is 19.1 Å². The lowest BCUT2D eigenvalue weighted by atomic mass is 10.1. The first-order chi connectivity index (χ1) is 14.5. The van der Waals surface area contributed by atoms with Gasteiger partial charge in [0.25, 0.3) is 0 Å². The third-order valence-electron chi connectivity index (χ3n) is 6.14. The van der Waals surface area contributed by atoms with Crippen LogP contribution in [0, 0.1) is 12.8 Å². The predicted octanol–water partition coefficient (Wildman–Crippen LogP) is 2.99. The van der Waals surface area contributed by atoms with Crippen LogP contribution in [0.2, 0.25) is 0 Å². The summed E-state index contributed by atoms with van der Waals surface area (Å²) in [6, 6.07) is 12.0. The number of likely N-dealkylation sites (tertiary alicyclic amines) is 1. The van der Waals surface area contributed by atoms with Crippen molar-refractivity contribution >= 4 is 17.5 Å². The van der Waals surface area contributed by atoms with Gasteiger partial charge < -0.3 is 19.3 Å². The summed E-state index contributed by atoms with van der Waals surface area (Å²) in [6.07, 6.45) is 1.88. The molecule has 0 N–H and O–H groups in total. The highest BCUT2D eigenvalue weighted by atomic mass is 16.5. The third-order valence-corrected chi connectivity index (χ3v) is 6.14. The molecule has 0 spiro atoms. The summed E-state index contributed by atoms with van der Waals surface area (Å²) >= 11 is 0. The Kier molecular flexibility index (Phi) is 5.66. The molecular formula is C24H28N2O4. The zero-order chi connectivity index (χ0) is 21.3. The minimum atomic E-state index is -0.270. The second-order valence-corrected chi connectivity index (χ2v) is 8.00. The Morgan fingerprint density at radius 1 is 1.13 bits per heavy atom. The molecule has 158 valence electrons. The Hall–Kier alpha value is -3.02. The van der Waals surface area contributed by atoms with Gasteiger partial charge in [-0.3, -0.25) is 9.59 Å². The molecule has 2 aliphatic heterocycles. The van der Waals surface area contributed by atoms with Crippen LogP contribution >= 0.6 is 0 Å². The van der Waals surface area contributed by atoms with Crippen LogP contribution in [0.1, 0.15) is 23.1 Å². The average Bonchev–Trinajstić information content (AvgIpc) is 3.36. The molecule has 2 aliphatic rings. The summed E-state index contributed by atoms with van der Waals surface area (Å²) in [5, 5.41) is 0. The third kappa shape index (κ3) is 3.74. The molecule has 0 saturated carbocycles. The van der Waals surface area contributed by atoms with Gasteiger partial charge in [0, 0.05) is 31.7 Å². The summed E-state index contributed by atoms with van der Waals surface area (Å²) in [7, 11) is 3.22. The van der Waals surface area contributed by atoms with Gasteiger partial charge in [-0.15, -0.1) is 0 Å². The molecule has 1 atom stereocenters. The van der Waals surface area contributed by atoms with Crippen molar-refractivity contribution in [3.8, 4) is 11.5 Å². The number of hydrogen-bond donors (Lipinski definition) is 0. The van der Waals surface area contributed by atoms with E-state index < -0.39 is 0 Å². The summed E-state index contributed by atoms with van der Waals surface area (Å²) in [5.41, 5.74) is 4.45. The summed E-state index contributed by atoms with van der Waals surface area (Å²) in [4.78, 5) is 29.5. The highest BCUT2D eigenvalue weighted by Gasteiger charge is 2.38. The van der Waals surface area contributed by atoms with E-state index in [0.717, 1.165) is 23.2 Å². The molecule has 1 unspecified atom stereocenters. The van der Waals surface area contributed by atoms with Crippen LogP contribution in [-0.4, -0.2) is 50.6 Å². The maximum Gasteiger partial charge on any atom is 0.232 e. The minimum Gasteiger partial charge on any atom is -0.493 e. The zero-order valence-electron chi connectivity index (χ0n) is 17.8. The molecule has 0 aromatic heterocycles. The van der Waals surface area contributed by atoms with Crippen LogP contribution in [0.3, 0.4) is 0 Å². The number of fused-ring (bicyclic) bond motifs is 1. The Morgan fingerprint density at radius 2 is 1.93 bits per heavy atom. The normalized spacial score (nSPS) is 18.0. The summed E-state index contributed by atoms with van der Waals surface area (Å²) < 4.78 is 10.6. The number of aryl methyl sites for hydroxylation is 1. The van der Waals surface area contributed by atoms with Gasteiger partial charge >= 0.3 is 0 Å². The van der Waals surface area contributed by atoms with Gasteiger partial charge in [0.1, 0.15) is 0 Å². The Labute approximate surface area is 177 Å². The molecule has 30 heavy (non-hydrogen) atoms. The average molecular weight is 408 g/mol. The molecule has 0 radical (unpaired) electrons. The Morgan fingerprint density at radius 3 is 2.70 bits per heavy atom. The second kappa shape index (κ2) is 8.38. The molecule has 2 heterocycles. The van der Waals surface area contributed by atoms with E-state index in [9.17, 15) is 9.59 Å². The number of nitrogens with zero attached hydrogens (tertiary/aromatic N) is 2. The molecule has 1 saturated heterocycles. The van der Waals surface area contributed by atoms with Gasteiger partial charge in [0.05, 0.1) is 20.1 Å². The fraction of sp³-hybridized carbons (Fsp3) is 0.417. The maximum absolute atomic E-state index is 13.2. The van der Waals surface area contributed by atoms with Crippen molar-refractivity contribution in [2.45, 2.75) is 26.2 Å². The monoisotopic (exact) mass is 408 g/mol. The SMILES string of the molecule is COc1ccc(CCN2CC(C(=O)N3CCc4cccc(C)c43)CC2=O)cc1OC. The van der Waals surface area contributed by atoms with Gasteiger partial charge in [-0.25, -0.2) is 0 Å². The first kappa shape index (κ1) is 20.3. The molecule has 2 aromatic carbocycles. The van der Waals surface area contributed by atoms with Crippen LogP contribution < -0.4 is 14.4 Å². The van der Waals surface area contributed by atoms with Crippen LogP contribution in [0.25, 0.3) is 0 Å². The lowest BCUT2D eigenvalue weighted by Gasteiger charge is -2.23. The minimum absolute atomic E-state index is 0.0537. The topological polar surface area (TPSA) is 59.1 Å². The van der Waals surface area contributed by atoms with Crippen molar-refractivity contribution in [2.75, 3.05) is 38.8 Å². The van der Waals surface area contributed by atoms with E-state index in [1.54, 1.807) is 14.2 Å². The standard InChI is InChI=1S/C24H28N2O4/c1-16-5-4-6-18-10-12-26(23(16)18)24(28)19-14-22(27)25(15-19)11-9-17-7-8-20(29-2)21(13-17)30-3/h4-8,13,19H,9-12,14-15H2,1-3H3. The second-order valence-electron chi connectivity index (χ2n) is 8.00. The highest BCUT2D eigenvalue weighted by molar-refractivity contribution is 6.01. The van der Waals surface area contributed by atoms with Crippen LogP contribution in [-0.2, 0) is 22.4 Å². The van der Waals surface area contributed by atoms with E-state index in [-0.39, 0.29) is 17.7 Å². The number of para-hydroxylation sites is 1. The van der Waals surface area contributed by atoms with Gasteiger partial charge in [0.15, 0.2) is 11.5 Å². The molecular weight excluding hydrogens is 380 g/mol. The van der Waals surface area contributed by atoms with Crippen LogP contribution in [0.5, 0.6) is 11.5 Å². The van der Waals surface area contributed by atoms with Crippen LogP contribution in [0.15, 0.2) is 36.4 Å². The Bertz CT molecular complexity index is 972. The first-order valence-electron chi connectivity index (χ1n) is 10.4. The van der Waals surface area contributed by atoms with Gasteiger partial charge in [-0.05, 0) is 48.6 Å². The molecule has 0 aliphatic carbocycles. The summed E-state index contributed by atoms with van der Waals surface area (Å²) in [5.74, 6) is 1.22. The van der Waals surface area contributed by atoms with Gasteiger partial charge in [-0.2, -0.15) is 0 Å². The smallest absolute Gasteiger partial charge is 0.232 e. The van der Waals surface area contributed by atoms with Crippen molar-refractivity contribution in [1.29, 1.82) is 0 Å². The Balaban J connectivity index is 1.40. The van der Waals surface area contributed by atoms with Crippen molar-refractivity contribution in [3.05, 3.63) is 53.1 Å². The van der Waals surface area contributed by atoms with E-state index in [2.05, 4.69) is 6.07 Å². The van der Waals surface area contributed by atoms with Crippen molar-refractivity contribution in [2.24, 2.45) is 5.92 Å². The van der Waals surface area contributed by atoms with Crippen LogP contribution in [0.4, 0.5) is 5.69 Å². The molecule has 2 aromatic rings. The summed E-state index contributed by atoms with van der Waals surface area (Å²) in [6.45, 7) is 3.82. The van der Waals surface area contributed by atoms with Gasteiger partial charge in [0.2, 0.25) is 11.8 Å². The molecule has 4 rings (SSSR count). The van der Waals surface area contributed by atoms with Crippen molar-refractivity contribution in [1.82, 2.24) is 4.90 Å². The largest absolute Gasteiger partial charge is 0.493 e. The number of rotatable bonds is 6. The van der Waals surface area contributed by atoms with E-state index >= 15 is 0 Å². The molecule has 6 heteroatoms. The molecule has 0 bridgehead atoms. The van der Waals surface area contributed by atoms with E-state index in [1.807, 2.05) is 47.1 Å². The number of methoxy groups -OCH3 is 2. The van der Waals surface area contributed by atoms with E-state index in [4.69, 9.17) is 9.47 Å². The first-order valence-corrected chi connectivity index (χ1v) is 10.4. The number of ether oxygens (including phenoxy) is 2. The zero-order valence-corrected chi connectivity index (χ0v) is 17.8. The highest BCUT2D eigenvalue weighted by Crippen LogP contribution is 2.34. The van der Waals surface area contributed by atoms with E-state index in [1.165, 1.54) is 5.56 Å². The number of hydrogen-bond acceptors (Lipinski definition) is 4. The van der Waals surface area contributed by atoms with Crippen molar-refractivity contribution in [3.63, 3.8) is 0 Å². The number of benzene rings is 2. The van der Waals surface area contributed by atoms with Gasteiger partial charge in [-0.1, -0.05) is 24.3 Å². The number of carbonyl (C=O) groups excluding carboxylic acids is 2. The van der Waals surface area contributed by atoms with E-state index in [0.29, 0.717) is 44.0 Å². The maximum atomic E-state index is 13.2. The fourth-order valence-electron chi connectivity index (χ4n) is 4.55. The number of carbonyl (C=O) groups is 2. The quantitative estimate of drug-likeness (QED) is 0.737. The lowest BCUT2D eigenvalue weighted by molar-refractivity contribution is -0.128. The fourth-order valence-corrected chi connectivity index (χ4v) is 4.55. The molecule has 1 fully saturated rings. The lowest BCUT2D eigenvalue weighted by Crippen LogP contribution is -2.37. The molecule has 6 nitrogen and oxygen atoms in total.